The lowest BCUT2D eigenvalue weighted by molar-refractivity contribution is -0.118. The van der Waals surface area contributed by atoms with Crippen molar-refractivity contribution < 1.29 is 9.18 Å². The Balaban J connectivity index is 1.81. The standard InChI is InChI=1S/C11H9BrFN3OS2/c12-9-2-1-8(13)3-7(9)4-14-10(17)5-18-11-16-15-6-19-11/h1-3,6H,4-5H2,(H,14,17). The van der Waals surface area contributed by atoms with Crippen LogP contribution in [0, 0.1) is 5.82 Å². The summed E-state index contributed by atoms with van der Waals surface area (Å²) in [7, 11) is 0. The van der Waals surface area contributed by atoms with Crippen LogP contribution in [0.2, 0.25) is 0 Å². The molecule has 0 unspecified atom stereocenters. The zero-order chi connectivity index (χ0) is 13.7. The molecular weight excluding hydrogens is 353 g/mol. The van der Waals surface area contributed by atoms with Crippen molar-refractivity contribution >= 4 is 44.9 Å². The molecule has 2 rings (SSSR count). The van der Waals surface area contributed by atoms with Gasteiger partial charge in [-0.2, -0.15) is 0 Å². The molecule has 0 saturated heterocycles. The summed E-state index contributed by atoms with van der Waals surface area (Å²) in [5, 5.41) is 10.2. The van der Waals surface area contributed by atoms with Gasteiger partial charge in [0.25, 0.3) is 0 Å². The number of aromatic nitrogens is 2. The second-order valence-electron chi connectivity index (χ2n) is 3.51. The molecule has 1 heterocycles. The smallest absolute Gasteiger partial charge is 0.230 e. The molecule has 0 aliphatic rings. The summed E-state index contributed by atoms with van der Waals surface area (Å²) in [6.45, 7) is 0.286. The van der Waals surface area contributed by atoms with Crippen LogP contribution in [-0.4, -0.2) is 21.9 Å². The average molecular weight is 362 g/mol. The Morgan fingerprint density at radius 3 is 3.11 bits per heavy atom. The van der Waals surface area contributed by atoms with E-state index in [0.29, 0.717) is 5.56 Å². The molecule has 1 N–H and O–H groups in total. The van der Waals surface area contributed by atoms with Gasteiger partial charge in [0, 0.05) is 11.0 Å². The van der Waals surface area contributed by atoms with E-state index in [1.807, 2.05) is 0 Å². The molecule has 2 aromatic rings. The molecule has 4 nitrogen and oxygen atoms in total. The van der Waals surface area contributed by atoms with Gasteiger partial charge in [0.2, 0.25) is 5.91 Å². The number of nitrogens with one attached hydrogen (secondary N) is 1. The first-order chi connectivity index (χ1) is 9.15. The fourth-order valence-electron chi connectivity index (χ4n) is 1.28. The molecule has 0 atom stereocenters. The fourth-order valence-corrected chi connectivity index (χ4v) is 2.98. The minimum absolute atomic E-state index is 0.128. The van der Waals surface area contributed by atoms with E-state index in [-0.39, 0.29) is 24.0 Å². The van der Waals surface area contributed by atoms with Crippen molar-refractivity contribution in [3.63, 3.8) is 0 Å². The molecule has 100 valence electrons. The van der Waals surface area contributed by atoms with E-state index in [1.165, 1.54) is 35.2 Å². The zero-order valence-electron chi connectivity index (χ0n) is 9.60. The van der Waals surface area contributed by atoms with Gasteiger partial charge in [-0.3, -0.25) is 4.79 Å². The maximum Gasteiger partial charge on any atom is 0.230 e. The number of carbonyl (C=O) groups excluding carboxylic acids is 1. The molecule has 1 amide bonds. The van der Waals surface area contributed by atoms with Crippen molar-refractivity contribution in [2.45, 2.75) is 10.9 Å². The molecule has 0 radical (unpaired) electrons. The number of hydrogen-bond acceptors (Lipinski definition) is 5. The van der Waals surface area contributed by atoms with Gasteiger partial charge in [-0.15, -0.1) is 10.2 Å². The van der Waals surface area contributed by atoms with Gasteiger partial charge < -0.3 is 5.32 Å². The molecule has 1 aromatic carbocycles. The predicted octanol–water partition coefficient (Wildman–Crippen LogP) is 2.85. The summed E-state index contributed by atoms with van der Waals surface area (Å²) in [6.07, 6.45) is 0. The molecule has 0 fully saturated rings. The molecular formula is C11H9BrFN3OS2. The number of benzene rings is 1. The van der Waals surface area contributed by atoms with Gasteiger partial charge >= 0.3 is 0 Å². The van der Waals surface area contributed by atoms with Crippen molar-refractivity contribution in [3.8, 4) is 0 Å². The number of hydrogen-bond donors (Lipinski definition) is 1. The quantitative estimate of drug-likeness (QED) is 0.832. The van der Waals surface area contributed by atoms with Gasteiger partial charge in [-0.05, 0) is 23.8 Å². The van der Waals surface area contributed by atoms with Gasteiger partial charge in [0.15, 0.2) is 4.34 Å². The van der Waals surface area contributed by atoms with E-state index < -0.39 is 0 Å². The van der Waals surface area contributed by atoms with Gasteiger partial charge in [-0.25, -0.2) is 4.39 Å². The van der Waals surface area contributed by atoms with Crippen LogP contribution in [0.1, 0.15) is 5.56 Å². The van der Waals surface area contributed by atoms with E-state index >= 15 is 0 Å². The van der Waals surface area contributed by atoms with Crippen molar-refractivity contribution in [1.82, 2.24) is 15.5 Å². The average Bonchev–Trinajstić information content (AvgIpc) is 2.90. The van der Waals surface area contributed by atoms with Crippen molar-refractivity contribution in [2.24, 2.45) is 0 Å². The maximum atomic E-state index is 13.1. The Labute approximate surface area is 125 Å². The second kappa shape index (κ2) is 6.97. The lowest BCUT2D eigenvalue weighted by Gasteiger charge is -2.06. The number of nitrogens with zero attached hydrogens (tertiary/aromatic N) is 2. The normalized spacial score (nSPS) is 10.4. The Kier molecular flexibility index (Phi) is 5.29. The van der Waals surface area contributed by atoms with E-state index in [1.54, 1.807) is 11.6 Å². The minimum atomic E-state index is -0.323. The molecule has 0 aliphatic carbocycles. The van der Waals surface area contributed by atoms with Crippen molar-refractivity contribution in [1.29, 1.82) is 0 Å². The molecule has 0 spiro atoms. The highest BCUT2D eigenvalue weighted by Crippen LogP contribution is 2.19. The van der Waals surface area contributed by atoms with Gasteiger partial charge in [0.1, 0.15) is 11.3 Å². The van der Waals surface area contributed by atoms with Crippen LogP contribution >= 0.6 is 39.0 Å². The molecule has 0 aliphatic heterocycles. The van der Waals surface area contributed by atoms with Gasteiger partial charge in [0.05, 0.1) is 5.75 Å². The Hall–Kier alpha value is -0.990. The summed E-state index contributed by atoms with van der Waals surface area (Å²) in [5.41, 5.74) is 2.32. The third-order valence-corrected chi connectivity index (χ3v) is 4.78. The lowest BCUT2D eigenvalue weighted by Crippen LogP contribution is -2.24. The third-order valence-electron chi connectivity index (χ3n) is 2.15. The number of thioether (sulfide) groups is 1. The molecule has 8 heteroatoms. The molecule has 1 aromatic heterocycles. The van der Waals surface area contributed by atoms with Crippen LogP contribution in [0.4, 0.5) is 4.39 Å². The van der Waals surface area contributed by atoms with Crippen LogP contribution in [0.25, 0.3) is 0 Å². The third kappa shape index (κ3) is 4.55. The SMILES string of the molecule is O=C(CSc1nncs1)NCc1cc(F)ccc1Br. The maximum absolute atomic E-state index is 13.1. The lowest BCUT2D eigenvalue weighted by atomic mass is 10.2. The second-order valence-corrected chi connectivity index (χ2v) is 6.42. The first-order valence-corrected chi connectivity index (χ1v) is 7.90. The van der Waals surface area contributed by atoms with E-state index in [0.717, 1.165) is 8.81 Å². The first-order valence-electron chi connectivity index (χ1n) is 5.25. The van der Waals surface area contributed by atoms with E-state index in [4.69, 9.17) is 0 Å². The van der Waals surface area contributed by atoms with E-state index in [9.17, 15) is 9.18 Å². The molecule has 0 bridgehead atoms. The summed E-state index contributed by atoms with van der Waals surface area (Å²) in [5.74, 6) is -0.186. The summed E-state index contributed by atoms with van der Waals surface area (Å²) < 4.78 is 14.6. The Morgan fingerprint density at radius 1 is 1.53 bits per heavy atom. The number of halogens is 2. The van der Waals surface area contributed by atoms with E-state index in [2.05, 4.69) is 31.4 Å². The topological polar surface area (TPSA) is 54.9 Å². The van der Waals surface area contributed by atoms with Crippen LogP contribution in [0.5, 0.6) is 0 Å². The fraction of sp³-hybridized carbons (Fsp3) is 0.182. The van der Waals surface area contributed by atoms with Crippen molar-refractivity contribution in [2.75, 3.05) is 5.75 Å². The monoisotopic (exact) mass is 361 g/mol. The largest absolute Gasteiger partial charge is 0.351 e. The highest BCUT2D eigenvalue weighted by Gasteiger charge is 2.07. The highest BCUT2D eigenvalue weighted by atomic mass is 79.9. The summed E-state index contributed by atoms with van der Waals surface area (Å²) >= 11 is 6.02. The summed E-state index contributed by atoms with van der Waals surface area (Å²) in [6, 6.07) is 4.37. The molecule has 0 saturated carbocycles. The van der Waals surface area contributed by atoms with Crippen molar-refractivity contribution in [3.05, 3.63) is 39.6 Å². The molecule has 19 heavy (non-hydrogen) atoms. The van der Waals surface area contributed by atoms with Crippen LogP contribution in [0.15, 0.2) is 32.5 Å². The van der Waals surface area contributed by atoms with Crippen LogP contribution in [0.3, 0.4) is 0 Å². The summed E-state index contributed by atoms with van der Waals surface area (Å²) in [4.78, 5) is 11.6. The zero-order valence-corrected chi connectivity index (χ0v) is 12.8. The number of carbonyl (C=O) groups is 1. The first kappa shape index (κ1) is 14.4. The Morgan fingerprint density at radius 2 is 2.37 bits per heavy atom. The van der Waals surface area contributed by atoms with Gasteiger partial charge in [-0.1, -0.05) is 39.0 Å². The van der Waals surface area contributed by atoms with Crippen LogP contribution < -0.4 is 5.32 Å². The minimum Gasteiger partial charge on any atom is -0.351 e. The van der Waals surface area contributed by atoms with Crippen LogP contribution in [-0.2, 0) is 11.3 Å². The Bertz CT molecular complexity index is 565. The number of amides is 1. The highest BCUT2D eigenvalue weighted by molar-refractivity contribution is 9.10. The number of rotatable bonds is 5. The predicted molar refractivity (Wildman–Crippen MR) is 76.6 cm³/mol.